The van der Waals surface area contributed by atoms with Crippen LogP contribution in [0.3, 0.4) is 0 Å². The normalized spacial score (nSPS) is 11.5. The van der Waals surface area contributed by atoms with Crippen LogP contribution in [0.4, 0.5) is 0 Å². The minimum Gasteiger partial charge on any atom is -0.504 e. The largest absolute Gasteiger partial charge is 0.504 e. The number of nitrogens with two attached hydrogens (primary N) is 1. The van der Waals surface area contributed by atoms with Crippen molar-refractivity contribution in [3.63, 3.8) is 0 Å². The second kappa shape index (κ2) is 6.32. The Morgan fingerprint density at radius 2 is 1.94 bits per heavy atom. The molecule has 1 amide bonds. The molecule has 17 heavy (non-hydrogen) atoms. The number of hydrogen-bond donors (Lipinski definition) is 3. The van der Waals surface area contributed by atoms with E-state index in [1.807, 2.05) is 0 Å². The zero-order chi connectivity index (χ0) is 12.3. The Kier molecular flexibility index (Phi) is 5.78. The number of carbonyl (C=O) groups excluding carboxylic acids is 1. The lowest BCUT2D eigenvalue weighted by Crippen LogP contribution is -2.41. The summed E-state index contributed by atoms with van der Waals surface area (Å²) in [5.41, 5.74) is 6.41. The van der Waals surface area contributed by atoms with Gasteiger partial charge in [0.1, 0.15) is 0 Å². The molecule has 5 nitrogen and oxygen atoms in total. The minimum absolute atomic E-state index is 0. The van der Waals surface area contributed by atoms with Gasteiger partial charge >= 0.3 is 0 Å². The average Bonchev–Trinajstić information content (AvgIpc) is 2.22. The molecule has 1 aromatic rings. The molecule has 0 radical (unpaired) electrons. The monoisotopic (exact) mass is 260 g/mol. The summed E-state index contributed by atoms with van der Waals surface area (Å²) in [7, 11) is 3.27. The van der Waals surface area contributed by atoms with Crippen LogP contribution in [0.1, 0.15) is 5.56 Å². The van der Waals surface area contributed by atoms with Crippen LogP contribution in [0.15, 0.2) is 18.2 Å². The molecule has 0 aliphatic heterocycles. The van der Waals surface area contributed by atoms with Crippen LogP contribution >= 0.6 is 12.4 Å². The predicted molar refractivity (Wildman–Crippen MR) is 67.4 cm³/mol. The zero-order valence-electron chi connectivity index (χ0n) is 9.75. The number of hydrogen-bond acceptors (Lipinski definition) is 4. The fourth-order valence-electron chi connectivity index (χ4n) is 1.37. The van der Waals surface area contributed by atoms with Crippen LogP contribution in [0, 0.1) is 0 Å². The van der Waals surface area contributed by atoms with Gasteiger partial charge in [-0.2, -0.15) is 0 Å². The third-order valence-corrected chi connectivity index (χ3v) is 2.25. The summed E-state index contributed by atoms with van der Waals surface area (Å²) in [5.74, 6) is -0.564. The number of nitrogens with zero attached hydrogens (tertiary/aromatic N) is 1. The van der Waals surface area contributed by atoms with Gasteiger partial charge in [-0.15, -0.1) is 12.4 Å². The van der Waals surface area contributed by atoms with E-state index in [1.54, 1.807) is 20.2 Å². The number of aromatic hydroxyl groups is 2. The topological polar surface area (TPSA) is 86.8 Å². The van der Waals surface area contributed by atoms with Crippen molar-refractivity contribution in [2.45, 2.75) is 12.5 Å². The molecule has 4 N–H and O–H groups in total. The van der Waals surface area contributed by atoms with Crippen LogP contribution in [-0.2, 0) is 11.2 Å². The second-order valence-electron chi connectivity index (χ2n) is 3.87. The van der Waals surface area contributed by atoms with E-state index in [2.05, 4.69) is 0 Å². The summed E-state index contributed by atoms with van der Waals surface area (Å²) in [6, 6.07) is 3.76. The third-order valence-electron chi connectivity index (χ3n) is 2.25. The molecule has 1 unspecified atom stereocenters. The van der Waals surface area contributed by atoms with E-state index in [0.717, 1.165) is 0 Å². The van der Waals surface area contributed by atoms with E-state index in [9.17, 15) is 9.90 Å². The molecule has 0 bridgehead atoms. The van der Waals surface area contributed by atoms with Gasteiger partial charge in [-0.05, 0) is 24.1 Å². The van der Waals surface area contributed by atoms with E-state index >= 15 is 0 Å². The van der Waals surface area contributed by atoms with Crippen molar-refractivity contribution >= 4 is 18.3 Å². The van der Waals surface area contributed by atoms with Crippen LogP contribution in [0.5, 0.6) is 11.5 Å². The Balaban J connectivity index is 0.00000256. The van der Waals surface area contributed by atoms with Gasteiger partial charge in [0.05, 0.1) is 6.04 Å². The first-order valence-electron chi connectivity index (χ1n) is 4.89. The summed E-state index contributed by atoms with van der Waals surface area (Å²) in [6.45, 7) is 0. The Hall–Kier alpha value is -1.46. The molecule has 0 aliphatic carbocycles. The van der Waals surface area contributed by atoms with Gasteiger partial charge in [0.15, 0.2) is 11.5 Å². The molecule has 1 rings (SSSR count). The highest BCUT2D eigenvalue weighted by molar-refractivity contribution is 5.85. The van der Waals surface area contributed by atoms with Gasteiger partial charge in [-0.3, -0.25) is 4.79 Å². The molecule has 96 valence electrons. The third kappa shape index (κ3) is 4.13. The number of halogens is 1. The molecule has 6 heteroatoms. The van der Waals surface area contributed by atoms with Gasteiger partial charge < -0.3 is 20.8 Å². The van der Waals surface area contributed by atoms with Gasteiger partial charge in [0.2, 0.25) is 5.91 Å². The Morgan fingerprint density at radius 1 is 1.35 bits per heavy atom. The van der Waals surface area contributed by atoms with Crippen molar-refractivity contribution in [1.82, 2.24) is 4.90 Å². The van der Waals surface area contributed by atoms with Gasteiger partial charge in [-0.25, -0.2) is 0 Å². The Bertz CT molecular complexity index is 396. The maximum absolute atomic E-state index is 11.5. The van der Waals surface area contributed by atoms with Crippen molar-refractivity contribution < 1.29 is 15.0 Å². The van der Waals surface area contributed by atoms with E-state index < -0.39 is 6.04 Å². The molecule has 0 heterocycles. The molecule has 0 spiro atoms. The first kappa shape index (κ1) is 15.5. The van der Waals surface area contributed by atoms with E-state index in [0.29, 0.717) is 12.0 Å². The summed E-state index contributed by atoms with van der Waals surface area (Å²) >= 11 is 0. The molecule has 0 aliphatic rings. The second-order valence-corrected chi connectivity index (χ2v) is 3.87. The summed E-state index contributed by atoms with van der Waals surface area (Å²) < 4.78 is 0. The molecule has 0 saturated carbocycles. The fraction of sp³-hybridized carbons (Fsp3) is 0.364. The van der Waals surface area contributed by atoms with Crippen molar-refractivity contribution in [3.8, 4) is 11.5 Å². The number of rotatable bonds is 3. The lowest BCUT2D eigenvalue weighted by atomic mass is 10.1. The van der Waals surface area contributed by atoms with E-state index in [1.165, 1.54) is 17.0 Å². The van der Waals surface area contributed by atoms with Gasteiger partial charge in [-0.1, -0.05) is 6.07 Å². The van der Waals surface area contributed by atoms with Gasteiger partial charge in [0.25, 0.3) is 0 Å². The quantitative estimate of drug-likeness (QED) is 0.690. The smallest absolute Gasteiger partial charge is 0.239 e. The van der Waals surface area contributed by atoms with E-state index in [4.69, 9.17) is 10.8 Å². The molecular formula is C11H17ClN2O3. The zero-order valence-corrected chi connectivity index (χ0v) is 10.6. The number of benzene rings is 1. The van der Waals surface area contributed by atoms with Crippen LogP contribution in [0.25, 0.3) is 0 Å². The molecule has 0 fully saturated rings. The SMILES string of the molecule is CN(C)C(=O)C(N)Cc1ccc(O)c(O)c1.Cl. The molecule has 1 aromatic carbocycles. The summed E-state index contributed by atoms with van der Waals surface area (Å²) in [5, 5.41) is 18.4. The Labute approximate surface area is 106 Å². The number of likely N-dealkylation sites (N-methyl/N-ethyl adjacent to an activating group) is 1. The summed E-state index contributed by atoms with van der Waals surface area (Å²) in [6.07, 6.45) is 0.324. The first-order chi connectivity index (χ1) is 7.41. The maximum atomic E-state index is 11.5. The minimum atomic E-state index is -0.640. The van der Waals surface area contributed by atoms with Gasteiger partial charge in [0, 0.05) is 14.1 Å². The Morgan fingerprint density at radius 3 is 2.41 bits per heavy atom. The average molecular weight is 261 g/mol. The molecule has 1 atom stereocenters. The lowest BCUT2D eigenvalue weighted by Gasteiger charge is -2.16. The lowest BCUT2D eigenvalue weighted by molar-refractivity contribution is -0.130. The standard InChI is InChI=1S/C11H16N2O3.ClH/c1-13(2)11(16)8(12)5-7-3-4-9(14)10(15)6-7;/h3-4,6,8,14-15H,5,12H2,1-2H3;1H. The van der Waals surface area contributed by atoms with Crippen LogP contribution < -0.4 is 5.73 Å². The number of phenolic OH excluding ortho intramolecular Hbond substituents is 2. The number of carbonyl (C=O) groups is 1. The van der Waals surface area contributed by atoms with Crippen molar-refractivity contribution in [3.05, 3.63) is 23.8 Å². The maximum Gasteiger partial charge on any atom is 0.239 e. The summed E-state index contributed by atoms with van der Waals surface area (Å²) in [4.78, 5) is 12.9. The van der Waals surface area contributed by atoms with Crippen LogP contribution in [-0.4, -0.2) is 41.2 Å². The van der Waals surface area contributed by atoms with Crippen molar-refractivity contribution in [1.29, 1.82) is 0 Å². The van der Waals surface area contributed by atoms with Crippen LogP contribution in [0.2, 0.25) is 0 Å². The van der Waals surface area contributed by atoms with Crippen molar-refractivity contribution in [2.24, 2.45) is 5.73 Å². The highest BCUT2D eigenvalue weighted by atomic mass is 35.5. The predicted octanol–water partition coefficient (Wildman–Crippen LogP) is 0.478. The first-order valence-corrected chi connectivity index (χ1v) is 4.89. The molecule has 0 saturated heterocycles. The highest BCUT2D eigenvalue weighted by Gasteiger charge is 2.16. The molecular weight excluding hydrogens is 244 g/mol. The van der Waals surface area contributed by atoms with E-state index in [-0.39, 0.29) is 29.8 Å². The fourth-order valence-corrected chi connectivity index (χ4v) is 1.37. The van der Waals surface area contributed by atoms with Crippen molar-refractivity contribution in [2.75, 3.05) is 14.1 Å². The highest BCUT2D eigenvalue weighted by Crippen LogP contribution is 2.25. The number of amides is 1. The molecule has 0 aromatic heterocycles. The number of phenols is 2.